The van der Waals surface area contributed by atoms with Gasteiger partial charge in [-0.1, -0.05) is 19.1 Å². The maximum Gasteiger partial charge on any atom is 0.319 e. The number of anilines is 1. The molecule has 0 radical (unpaired) electrons. The van der Waals surface area contributed by atoms with Crippen LogP contribution in [0, 0.1) is 11.7 Å². The van der Waals surface area contributed by atoms with Crippen molar-refractivity contribution in [2.24, 2.45) is 11.7 Å². The van der Waals surface area contributed by atoms with Crippen LogP contribution in [0.3, 0.4) is 0 Å². The van der Waals surface area contributed by atoms with Gasteiger partial charge in [-0.05, 0) is 31.0 Å². The zero-order valence-corrected chi connectivity index (χ0v) is 9.87. The number of nitrogens with one attached hydrogen (secondary N) is 2. The molecular weight excluding hydrogens is 221 g/mol. The Kier molecular flexibility index (Phi) is 5.42. The van der Waals surface area contributed by atoms with Crippen LogP contribution in [0.25, 0.3) is 0 Å². The molecule has 17 heavy (non-hydrogen) atoms. The molecule has 0 bridgehead atoms. The van der Waals surface area contributed by atoms with E-state index < -0.39 is 11.8 Å². The molecule has 1 rings (SSSR count). The number of para-hydroxylation sites is 1. The molecule has 0 saturated heterocycles. The van der Waals surface area contributed by atoms with E-state index in [4.69, 9.17) is 5.73 Å². The molecule has 0 aliphatic carbocycles. The van der Waals surface area contributed by atoms with Gasteiger partial charge in [0.1, 0.15) is 5.82 Å². The number of benzene rings is 1. The fourth-order valence-corrected chi connectivity index (χ4v) is 1.38. The number of hydrogen-bond acceptors (Lipinski definition) is 2. The lowest BCUT2D eigenvalue weighted by atomic mass is 10.1. The van der Waals surface area contributed by atoms with Gasteiger partial charge in [0.15, 0.2) is 0 Å². The minimum atomic E-state index is -0.447. The molecule has 0 spiro atoms. The van der Waals surface area contributed by atoms with Gasteiger partial charge in [0.05, 0.1) is 5.69 Å². The first-order valence-electron chi connectivity index (χ1n) is 5.63. The van der Waals surface area contributed by atoms with Crippen LogP contribution in [0.4, 0.5) is 14.9 Å². The fourth-order valence-electron chi connectivity index (χ4n) is 1.38. The van der Waals surface area contributed by atoms with Gasteiger partial charge in [-0.3, -0.25) is 0 Å². The van der Waals surface area contributed by atoms with E-state index in [1.807, 2.05) is 6.92 Å². The molecule has 4 nitrogen and oxygen atoms in total. The number of rotatable bonds is 5. The molecule has 5 heteroatoms. The van der Waals surface area contributed by atoms with Gasteiger partial charge >= 0.3 is 6.03 Å². The van der Waals surface area contributed by atoms with E-state index in [9.17, 15) is 9.18 Å². The number of nitrogens with two attached hydrogens (primary N) is 1. The second kappa shape index (κ2) is 6.85. The van der Waals surface area contributed by atoms with E-state index in [2.05, 4.69) is 10.6 Å². The highest BCUT2D eigenvalue weighted by Gasteiger charge is 2.07. The first-order valence-corrected chi connectivity index (χ1v) is 5.63. The summed E-state index contributed by atoms with van der Waals surface area (Å²) in [5, 5.41) is 5.12. The number of hydrogen-bond donors (Lipinski definition) is 3. The van der Waals surface area contributed by atoms with Gasteiger partial charge in [-0.2, -0.15) is 0 Å². The van der Waals surface area contributed by atoms with Crippen molar-refractivity contribution in [3.63, 3.8) is 0 Å². The minimum absolute atomic E-state index is 0.177. The van der Waals surface area contributed by atoms with Crippen molar-refractivity contribution in [1.82, 2.24) is 5.32 Å². The number of amides is 2. The Morgan fingerprint density at radius 1 is 1.47 bits per heavy atom. The molecular formula is C12H18FN3O. The second-order valence-corrected chi connectivity index (χ2v) is 4.00. The molecule has 1 aromatic carbocycles. The van der Waals surface area contributed by atoms with E-state index in [1.165, 1.54) is 12.1 Å². The van der Waals surface area contributed by atoms with E-state index >= 15 is 0 Å². The van der Waals surface area contributed by atoms with Crippen LogP contribution < -0.4 is 16.4 Å². The number of halogens is 1. The highest BCUT2D eigenvalue weighted by Crippen LogP contribution is 2.11. The van der Waals surface area contributed by atoms with E-state index in [-0.39, 0.29) is 5.69 Å². The highest BCUT2D eigenvalue weighted by molar-refractivity contribution is 5.89. The summed E-state index contributed by atoms with van der Waals surface area (Å²) in [5.74, 6) is -0.135. The number of urea groups is 1. The van der Waals surface area contributed by atoms with Crippen LogP contribution in [0.15, 0.2) is 24.3 Å². The van der Waals surface area contributed by atoms with Gasteiger partial charge in [0.25, 0.3) is 0 Å². The van der Waals surface area contributed by atoms with Crippen LogP contribution in [0.1, 0.15) is 13.3 Å². The Labute approximate surface area is 100 Å². The minimum Gasteiger partial charge on any atom is -0.338 e. The molecule has 1 aromatic rings. The van der Waals surface area contributed by atoms with Crippen molar-refractivity contribution in [2.45, 2.75) is 13.3 Å². The lowest BCUT2D eigenvalue weighted by Gasteiger charge is -2.12. The van der Waals surface area contributed by atoms with Crippen LogP contribution in [0.5, 0.6) is 0 Å². The lowest BCUT2D eigenvalue weighted by Crippen LogP contribution is -2.33. The molecule has 4 N–H and O–H groups in total. The van der Waals surface area contributed by atoms with E-state index in [1.54, 1.807) is 12.1 Å². The second-order valence-electron chi connectivity index (χ2n) is 4.00. The van der Waals surface area contributed by atoms with Crippen LogP contribution in [-0.4, -0.2) is 19.1 Å². The third-order valence-corrected chi connectivity index (χ3v) is 2.39. The monoisotopic (exact) mass is 239 g/mol. The van der Waals surface area contributed by atoms with E-state index in [0.29, 0.717) is 19.0 Å². The molecule has 0 fully saturated rings. The fraction of sp³-hybridized carbons (Fsp3) is 0.417. The first kappa shape index (κ1) is 13.4. The molecule has 0 heterocycles. The summed E-state index contributed by atoms with van der Waals surface area (Å²) in [7, 11) is 0. The summed E-state index contributed by atoms with van der Waals surface area (Å²) >= 11 is 0. The lowest BCUT2D eigenvalue weighted by molar-refractivity contribution is 0.250. The van der Waals surface area contributed by atoms with Crippen molar-refractivity contribution >= 4 is 11.7 Å². The average molecular weight is 239 g/mol. The topological polar surface area (TPSA) is 67.1 Å². The molecule has 0 aromatic heterocycles. The zero-order valence-electron chi connectivity index (χ0n) is 9.87. The Balaban J connectivity index is 2.37. The third-order valence-electron chi connectivity index (χ3n) is 2.39. The average Bonchev–Trinajstić information content (AvgIpc) is 2.30. The SMILES string of the molecule is CC(CCN)CNC(=O)Nc1ccccc1F. The van der Waals surface area contributed by atoms with Crippen molar-refractivity contribution in [1.29, 1.82) is 0 Å². The summed E-state index contributed by atoms with van der Waals surface area (Å²) in [5.41, 5.74) is 5.58. The first-order chi connectivity index (χ1) is 8.13. The summed E-state index contributed by atoms with van der Waals surface area (Å²) in [6.45, 7) is 3.12. The van der Waals surface area contributed by atoms with E-state index in [0.717, 1.165) is 6.42 Å². The zero-order chi connectivity index (χ0) is 12.7. The molecule has 1 unspecified atom stereocenters. The maximum absolute atomic E-state index is 13.2. The van der Waals surface area contributed by atoms with Gasteiger partial charge in [-0.25, -0.2) is 9.18 Å². The van der Waals surface area contributed by atoms with Crippen molar-refractivity contribution in [3.8, 4) is 0 Å². The van der Waals surface area contributed by atoms with Gasteiger partial charge in [0, 0.05) is 6.54 Å². The van der Waals surface area contributed by atoms with Gasteiger partial charge < -0.3 is 16.4 Å². The smallest absolute Gasteiger partial charge is 0.319 e. The number of carbonyl (C=O) groups is 1. The largest absolute Gasteiger partial charge is 0.338 e. The highest BCUT2D eigenvalue weighted by atomic mass is 19.1. The van der Waals surface area contributed by atoms with Crippen molar-refractivity contribution in [2.75, 3.05) is 18.4 Å². The van der Waals surface area contributed by atoms with Crippen LogP contribution in [0.2, 0.25) is 0 Å². The maximum atomic E-state index is 13.2. The Morgan fingerprint density at radius 3 is 2.82 bits per heavy atom. The Morgan fingerprint density at radius 2 is 2.18 bits per heavy atom. The summed E-state index contributed by atoms with van der Waals surface area (Å²) in [6, 6.07) is 5.64. The molecule has 94 valence electrons. The molecule has 0 aliphatic rings. The summed E-state index contributed by atoms with van der Waals surface area (Å²) in [4.78, 5) is 11.5. The van der Waals surface area contributed by atoms with Crippen molar-refractivity contribution in [3.05, 3.63) is 30.1 Å². The Hall–Kier alpha value is -1.62. The summed E-state index contributed by atoms with van der Waals surface area (Å²) in [6.07, 6.45) is 0.847. The molecule has 0 aliphatic heterocycles. The van der Waals surface area contributed by atoms with Crippen molar-refractivity contribution < 1.29 is 9.18 Å². The third kappa shape index (κ3) is 4.82. The number of carbonyl (C=O) groups excluding carboxylic acids is 1. The quantitative estimate of drug-likeness (QED) is 0.735. The molecule has 0 saturated carbocycles. The standard InChI is InChI=1S/C12H18FN3O/c1-9(6-7-14)8-15-12(17)16-11-5-3-2-4-10(11)13/h2-5,9H,6-8,14H2,1H3,(H2,15,16,17). The summed E-state index contributed by atoms with van der Waals surface area (Å²) < 4.78 is 13.2. The van der Waals surface area contributed by atoms with Crippen LogP contribution >= 0.6 is 0 Å². The van der Waals surface area contributed by atoms with Crippen LogP contribution in [-0.2, 0) is 0 Å². The molecule has 2 amide bonds. The van der Waals surface area contributed by atoms with Gasteiger partial charge in [-0.15, -0.1) is 0 Å². The Bertz CT molecular complexity index is 371. The van der Waals surface area contributed by atoms with Gasteiger partial charge in [0.2, 0.25) is 0 Å². The normalized spacial score (nSPS) is 11.9. The predicted molar refractivity (Wildman–Crippen MR) is 66.3 cm³/mol. The predicted octanol–water partition coefficient (Wildman–Crippen LogP) is 1.93. The molecule has 1 atom stereocenters.